The van der Waals surface area contributed by atoms with Crippen molar-refractivity contribution in [2.24, 2.45) is 22.9 Å². The van der Waals surface area contributed by atoms with E-state index in [2.05, 4.69) is 31.9 Å². The Balaban J connectivity index is 3.98. The summed E-state index contributed by atoms with van der Waals surface area (Å²) in [6.07, 6.45) is 12.5. The van der Waals surface area contributed by atoms with Crippen molar-refractivity contribution in [3.05, 3.63) is 0 Å². The van der Waals surface area contributed by atoms with E-state index in [9.17, 15) is 4.79 Å². The fourth-order valence-corrected chi connectivity index (χ4v) is 4.34. The third kappa shape index (κ3) is 27.1. The number of hydrogen-bond acceptors (Lipinski definition) is 10. The molecule has 0 radical (unpaired) electrons. The molecule has 0 aromatic heterocycles. The Hall–Kier alpha value is -0.890. The largest absolute Gasteiger partial charge is 0.355 e. The maximum Gasteiger partial charge on any atom is 0.237 e. The van der Waals surface area contributed by atoms with Gasteiger partial charge in [0.2, 0.25) is 5.91 Å². The molecular formula is C28H66N10O. The van der Waals surface area contributed by atoms with E-state index in [1.54, 1.807) is 0 Å². The first-order valence-electron chi connectivity index (χ1n) is 15.9. The molecule has 2 atom stereocenters. The number of rotatable bonds is 32. The zero-order valence-electron chi connectivity index (χ0n) is 25.1. The highest BCUT2D eigenvalue weighted by Gasteiger charge is 2.16. The van der Waals surface area contributed by atoms with Crippen molar-refractivity contribution >= 4 is 5.91 Å². The van der Waals surface area contributed by atoms with Gasteiger partial charge < -0.3 is 54.8 Å². The highest BCUT2D eigenvalue weighted by molar-refractivity contribution is 5.81. The van der Waals surface area contributed by atoms with E-state index in [-0.39, 0.29) is 11.9 Å². The summed E-state index contributed by atoms with van der Waals surface area (Å²) in [6, 6.07) is 0.335. The molecule has 0 fully saturated rings. The first-order valence-corrected chi connectivity index (χ1v) is 15.9. The van der Waals surface area contributed by atoms with Gasteiger partial charge in [-0.1, -0.05) is 12.8 Å². The lowest BCUT2D eigenvalue weighted by Gasteiger charge is -2.20. The molecule has 0 saturated carbocycles. The number of carbonyl (C=O) groups is 1. The third-order valence-corrected chi connectivity index (χ3v) is 6.74. The van der Waals surface area contributed by atoms with E-state index < -0.39 is 0 Å². The van der Waals surface area contributed by atoms with Crippen molar-refractivity contribution in [3.8, 4) is 0 Å². The van der Waals surface area contributed by atoms with Crippen LogP contribution >= 0.6 is 0 Å². The molecular weight excluding hydrogens is 492 g/mol. The van der Waals surface area contributed by atoms with Gasteiger partial charge in [0.05, 0.1) is 6.04 Å². The maximum atomic E-state index is 12.7. The van der Waals surface area contributed by atoms with Crippen LogP contribution in [0.1, 0.15) is 77.0 Å². The van der Waals surface area contributed by atoms with E-state index in [0.717, 1.165) is 143 Å². The van der Waals surface area contributed by atoms with Crippen molar-refractivity contribution in [2.45, 2.75) is 89.1 Å². The first kappa shape index (κ1) is 38.1. The Morgan fingerprint density at radius 1 is 0.487 bits per heavy atom. The van der Waals surface area contributed by atoms with Crippen LogP contribution < -0.4 is 54.8 Å². The van der Waals surface area contributed by atoms with Gasteiger partial charge in [-0.05, 0) is 136 Å². The highest BCUT2D eigenvalue weighted by atomic mass is 16.2. The summed E-state index contributed by atoms with van der Waals surface area (Å²) in [6.45, 7) is 11.2. The van der Waals surface area contributed by atoms with Gasteiger partial charge in [-0.2, -0.15) is 0 Å². The fraction of sp³-hybridized carbons (Fsp3) is 0.964. The van der Waals surface area contributed by atoms with Gasteiger partial charge in [-0.15, -0.1) is 0 Å². The van der Waals surface area contributed by atoms with Crippen molar-refractivity contribution in [1.29, 1.82) is 0 Å². The second-order valence-electron chi connectivity index (χ2n) is 10.4. The minimum atomic E-state index is -0.148. The van der Waals surface area contributed by atoms with Crippen LogP contribution in [0.2, 0.25) is 0 Å². The van der Waals surface area contributed by atoms with Gasteiger partial charge in [-0.25, -0.2) is 0 Å². The van der Waals surface area contributed by atoms with Gasteiger partial charge in [0.15, 0.2) is 0 Å². The summed E-state index contributed by atoms with van der Waals surface area (Å²) >= 11 is 0. The van der Waals surface area contributed by atoms with Gasteiger partial charge >= 0.3 is 0 Å². The van der Waals surface area contributed by atoms with E-state index in [1.807, 2.05) is 0 Å². The molecule has 234 valence electrons. The quantitative estimate of drug-likeness (QED) is 0.0472. The molecule has 11 nitrogen and oxygen atoms in total. The van der Waals surface area contributed by atoms with Crippen LogP contribution in [0, 0.1) is 0 Å². The van der Waals surface area contributed by atoms with Gasteiger partial charge in [0, 0.05) is 19.1 Å². The summed E-state index contributed by atoms with van der Waals surface area (Å²) < 4.78 is 0. The van der Waals surface area contributed by atoms with Crippen LogP contribution in [0.5, 0.6) is 0 Å². The third-order valence-electron chi connectivity index (χ3n) is 6.74. The summed E-state index contributed by atoms with van der Waals surface area (Å²) in [4.78, 5) is 12.7. The summed E-state index contributed by atoms with van der Waals surface area (Å²) in [5.74, 6) is 0.110. The molecule has 0 aromatic carbocycles. The van der Waals surface area contributed by atoms with Gasteiger partial charge in [0.1, 0.15) is 0 Å². The molecule has 0 spiro atoms. The van der Waals surface area contributed by atoms with Crippen LogP contribution in [0.15, 0.2) is 0 Å². The molecule has 11 heteroatoms. The average Bonchev–Trinajstić information content (AvgIpc) is 2.94. The number of nitrogens with one attached hydrogen (secondary N) is 6. The number of carbonyl (C=O) groups excluding carboxylic acids is 1. The summed E-state index contributed by atoms with van der Waals surface area (Å²) in [5, 5.41) is 20.6. The zero-order valence-corrected chi connectivity index (χ0v) is 25.1. The Labute approximate surface area is 239 Å². The monoisotopic (exact) mass is 559 g/mol. The molecule has 0 aliphatic carbocycles. The molecule has 0 bridgehead atoms. The molecule has 2 unspecified atom stereocenters. The van der Waals surface area contributed by atoms with Crippen molar-refractivity contribution in [2.75, 3.05) is 85.1 Å². The number of unbranched alkanes of at least 4 members (excludes halogenated alkanes) is 3. The van der Waals surface area contributed by atoms with Crippen LogP contribution in [0.4, 0.5) is 0 Å². The Bertz CT molecular complexity index is 501. The molecule has 0 aliphatic heterocycles. The van der Waals surface area contributed by atoms with Gasteiger partial charge in [-0.3, -0.25) is 4.79 Å². The van der Waals surface area contributed by atoms with E-state index in [1.165, 1.54) is 6.42 Å². The Morgan fingerprint density at radius 3 is 1.59 bits per heavy atom. The smallest absolute Gasteiger partial charge is 0.237 e. The minimum Gasteiger partial charge on any atom is -0.355 e. The SMILES string of the molecule is NCCCNCCCC(CNCCCCCCNC(=O)C(CCCNCCCN)NCCCN)NCCCN. The maximum absolute atomic E-state index is 12.7. The van der Waals surface area contributed by atoms with E-state index in [4.69, 9.17) is 22.9 Å². The summed E-state index contributed by atoms with van der Waals surface area (Å²) in [7, 11) is 0. The van der Waals surface area contributed by atoms with E-state index >= 15 is 0 Å². The predicted octanol–water partition coefficient (Wildman–Crippen LogP) is -0.696. The molecule has 39 heavy (non-hydrogen) atoms. The molecule has 0 rings (SSSR count). The second-order valence-corrected chi connectivity index (χ2v) is 10.4. The average molecular weight is 559 g/mol. The number of hydrogen-bond donors (Lipinski definition) is 10. The fourth-order valence-electron chi connectivity index (χ4n) is 4.34. The lowest BCUT2D eigenvalue weighted by Crippen LogP contribution is -2.45. The lowest BCUT2D eigenvalue weighted by molar-refractivity contribution is -0.123. The number of amides is 1. The molecule has 0 aliphatic rings. The standard InChI is InChI=1S/C28H66N10O/c29-13-7-20-33-18-5-11-26(36-23-9-15-31)25-35-17-3-1-2-4-22-38-28(39)27(37-24-10-16-32)12-6-19-34-21-8-14-30/h26-27,33-37H,1-25,29-32H2,(H,38,39). The van der Waals surface area contributed by atoms with Crippen molar-refractivity contribution < 1.29 is 4.79 Å². The van der Waals surface area contributed by atoms with Crippen molar-refractivity contribution in [1.82, 2.24) is 31.9 Å². The van der Waals surface area contributed by atoms with Crippen LogP contribution in [0.25, 0.3) is 0 Å². The van der Waals surface area contributed by atoms with E-state index in [0.29, 0.717) is 19.1 Å². The number of nitrogens with two attached hydrogens (primary N) is 4. The molecule has 0 heterocycles. The highest BCUT2D eigenvalue weighted by Crippen LogP contribution is 2.02. The van der Waals surface area contributed by atoms with Gasteiger partial charge in [0.25, 0.3) is 0 Å². The second kappa shape index (κ2) is 31.6. The Morgan fingerprint density at radius 2 is 0.974 bits per heavy atom. The van der Waals surface area contributed by atoms with Crippen molar-refractivity contribution in [3.63, 3.8) is 0 Å². The molecule has 0 saturated heterocycles. The van der Waals surface area contributed by atoms with Crippen LogP contribution in [-0.2, 0) is 4.79 Å². The summed E-state index contributed by atoms with van der Waals surface area (Å²) in [5.41, 5.74) is 22.3. The molecule has 0 aromatic rings. The minimum absolute atomic E-state index is 0.110. The molecule has 1 amide bonds. The Kier molecular flexibility index (Phi) is 30.9. The normalized spacial score (nSPS) is 13.0. The topological polar surface area (TPSA) is 193 Å². The van der Waals surface area contributed by atoms with Crippen LogP contribution in [0.3, 0.4) is 0 Å². The first-order chi connectivity index (χ1) is 19.2. The zero-order chi connectivity index (χ0) is 28.7. The lowest BCUT2D eigenvalue weighted by atomic mass is 10.1. The van der Waals surface area contributed by atoms with Crippen LogP contribution in [-0.4, -0.2) is 103 Å². The predicted molar refractivity (Wildman–Crippen MR) is 167 cm³/mol. The molecule has 14 N–H and O–H groups in total.